The van der Waals surface area contributed by atoms with Crippen LogP contribution in [-0.4, -0.2) is 4.57 Å². The average Bonchev–Trinajstić information content (AvgIpc) is 2.40. The number of para-hydroxylation sites is 1. The summed E-state index contributed by atoms with van der Waals surface area (Å²) in [5.41, 5.74) is 0.919. The number of benzene rings is 1. The van der Waals surface area contributed by atoms with Crippen LogP contribution >= 0.6 is 35.3 Å². The Kier molecular flexibility index (Phi) is 3.36. The Morgan fingerprint density at radius 1 is 1.38 bits per heavy atom. The van der Waals surface area contributed by atoms with Crippen LogP contribution in [0.1, 0.15) is 0 Å². The van der Waals surface area contributed by atoms with Crippen LogP contribution in [0.3, 0.4) is 0 Å². The van der Waals surface area contributed by atoms with Crippen LogP contribution in [0.5, 0.6) is 0 Å². The summed E-state index contributed by atoms with van der Waals surface area (Å²) in [6.45, 7) is 0. The second kappa shape index (κ2) is 4.13. The van der Waals surface area contributed by atoms with Crippen LogP contribution in [0.2, 0.25) is 0 Å². The minimum absolute atomic E-state index is 0. The fraction of sp³-hybridized carbons (Fsp3) is 0.125. The van der Waals surface area contributed by atoms with Gasteiger partial charge in [0, 0.05) is 0 Å². The first-order valence-corrected chi connectivity index (χ1v) is 4.82. The number of rotatable bonds is 1. The van der Waals surface area contributed by atoms with Crippen molar-refractivity contribution in [2.75, 3.05) is 0 Å². The number of halogens is 2. The molecule has 0 radical (unpaired) electrons. The Balaban J connectivity index is 0.000000845. The Morgan fingerprint density at radius 3 is 2.77 bits per heavy atom. The third-order valence-corrected chi connectivity index (χ3v) is 2.89. The first kappa shape index (κ1) is 10.6. The molecule has 0 N–H and O–H groups in total. The van der Waals surface area contributed by atoms with Crippen molar-refractivity contribution in [3.05, 3.63) is 33.9 Å². The van der Waals surface area contributed by atoms with Gasteiger partial charge in [0.15, 0.2) is 0 Å². The van der Waals surface area contributed by atoms with Crippen molar-refractivity contribution in [1.29, 1.82) is 0 Å². The number of alkyl halides is 1. The van der Waals surface area contributed by atoms with Gasteiger partial charge in [0.2, 0.25) is 0 Å². The molecule has 13 heavy (non-hydrogen) atoms. The highest BCUT2D eigenvalue weighted by Crippen LogP contribution is 2.16. The molecule has 70 valence electrons. The maximum Gasteiger partial charge on any atom is 0.309 e. The molecule has 5 heteroatoms. The molecule has 0 unspecified atom stereocenters. The monoisotopic (exact) mass is 235 g/mol. The van der Waals surface area contributed by atoms with Crippen molar-refractivity contribution in [3.8, 4) is 0 Å². The highest BCUT2D eigenvalue weighted by molar-refractivity contribution is 7.16. The van der Waals surface area contributed by atoms with Gasteiger partial charge in [0.05, 0.1) is 10.2 Å². The van der Waals surface area contributed by atoms with Crippen LogP contribution in [0.15, 0.2) is 29.1 Å². The van der Waals surface area contributed by atoms with Gasteiger partial charge >= 0.3 is 4.87 Å². The van der Waals surface area contributed by atoms with Crippen LogP contribution in [0, 0.1) is 0 Å². The quantitative estimate of drug-likeness (QED) is 0.697. The number of aromatic nitrogens is 1. The van der Waals surface area contributed by atoms with Gasteiger partial charge in [0.25, 0.3) is 0 Å². The molecule has 0 spiro atoms. The second-order valence-electron chi connectivity index (χ2n) is 2.38. The first-order valence-electron chi connectivity index (χ1n) is 3.47. The lowest BCUT2D eigenvalue weighted by molar-refractivity contribution is 0.904. The van der Waals surface area contributed by atoms with Crippen molar-refractivity contribution in [3.63, 3.8) is 0 Å². The molecule has 0 amide bonds. The summed E-state index contributed by atoms with van der Waals surface area (Å²) in [7, 11) is 0. The lowest BCUT2D eigenvalue weighted by Crippen LogP contribution is -2.09. The normalized spacial score (nSPS) is 9.92. The van der Waals surface area contributed by atoms with E-state index in [4.69, 9.17) is 11.6 Å². The summed E-state index contributed by atoms with van der Waals surface area (Å²) in [5.74, 6) is 0. The van der Waals surface area contributed by atoms with Crippen LogP contribution in [0.25, 0.3) is 10.2 Å². The van der Waals surface area contributed by atoms with E-state index in [1.54, 1.807) is 4.57 Å². The number of fused-ring (bicyclic) bond motifs is 1. The fourth-order valence-electron chi connectivity index (χ4n) is 1.13. The van der Waals surface area contributed by atoms with Crippen molar-refractivity contribution in [2.45, 2.75) is 6.00 Å². The van der Waals surface area contributed by atoms with Gasteiger partial charge in [-0.1, -0.05) is 23.5 Å². The van der Waals surface area contributed by atoms with Gasteiger partial charge < -0.3 is 0 Å². The molecule has 1 heterocycles. The molecule has 0 aliphatic carbocycles. The van der Waals surface area contributed by atoms with E-state index < -0.39 is 0 Å². The zero-order valence-corrected chi connectivity index (χ0v) is 8.96. The summed E-state index contributed by atoms with van der Waals surface area (Å²) in [6, 6.07) is 7.86. The predicted molar refractivity (Wildman–Crippen MR) is 59.2 cm³/mol. The Hall–Kier alpha value is -0.510. The summed E-state index contributed by atoms with van der Waals surface area (Å²) < 4.78 is 2.55. The van der Waals surface area contributed by atoms with E-state index >= 15 is 0 Å². The second-order valence-corrected chi connectivity index (χ2v) is 3.62. The molecule has 0 bridgehead atoms. The molecule has 0 saturated carbocycles. The summed E-state index contributed by atoms with van der Waals surface area (Å²) in [5, 5.41) is 0. The van der Waals surface area contributed by atoms with Crippen molar-refractivity contribution in [2.24, 2.45) is 0 Å². The van der Waals surface area contributed by atoms with Gasteiger partial charge in [-0.2, -0.15) is 0 Å². The largest absolute Gasteiger partial charge is 0.309 e. The average molecular weight is 236 g/mol. The molecule has 1 aromatic carbocycles. The smallest absolute Gasteiger partial charge is 0.284 e. The van der Waals surface area contributed by atoms with Gasteiger partial charge in [-0.15, -0.1) is 24.0 Å². The zero-order chi connectivity index (χ0) is 8.55. The summed E-state index contributed by atoms with van der Waals surface area (Å²) in [4.78, 5) is 11.3. The van der Waals surface area contributed by atoms with E-state index in [1.165, 1.54) is 11.3 Å². The third-order valence-electron chi connectivity index (χ3n) is 1.69. The maximum atomic E-state index is 11.3. The van der Waals surface area contributed by atoms with E-state index in [0.29, 0.717) is 0 Å². The van der Waals surface area contributed by atoms with Crippen LogP contribution < -0.4 is 4.87 Å². The van der Waals surface area contributed by atoms with Crippen molar-refractivity contribution in [1.82, 2.24) is 4.57 Å². The highest BCUT2D eigenvalue weighted by atomic mass is 35.5. The van der Waals surface area contributed by atoms with Gasteiger partial charge in [-0.25, -0.2) is 0 Å². The molecule has 0 atom stereocenters. The molecule has 2 rings (SSSR count). The first-order chi connectivity index (χ1) is 5.83. The molecule has 1 aromatic heterocycles. The van der Waals surface area contributed by atoms with E-state index in [1.807, 2.05) is 24.3 Å². The molecule has 0 fully saturated rings. The minimum atomic E-state index is 0. The van der Waals surface area contributed by atoms with Gasteiger partial charge in [-0.05, 0) is 12.1 Å². The minimum Gasteiger partial charge on any atom is -0.284 e. The lowest BCUT2D eigenvalue weighted by Gasteiger charge is -1.94. The standard InChI is InChI=1S/C8H6ClNOS.ClH/c9-5-10-6-3-1-2-4-7(6)12-8(10)11;/h1-4H,5H2;1H. The SMILES string of the molecule is Cl.O=c1sc2ccccc2n1CCl. The third kappa shape index (κ3) is 1.73. The molecular formula is C8H7Cl2NOS. The van der Waals surface area contributed by atoms with E-state index in [9.17, 15) is 4.79 Å². The highest BCUT2D eigenvalue weighted by Gasteiger charge is 2.03. The molecule has 0 saturated heterocycles. The lowest BCUT2D eigenvalue weighted by atomic mass is 10.3. The van der Waals surface area contributed by atoms with E-state index in [-0.39, 0.29) is 23.3 Å². The predicted octanol–water partition coefficient (Wildman–Crippen LogP) is 2.68. The van der Waals surface area contributed by atoms with Gasteiger partial charge in [-0.3, -0.25) is 9.36 Å². The number of hydrogen-bond acceptors (Lipinski definition) is 2. The zero-order valence-electron chi connectivity index (χ0n) is 6.57. The topological polar surface area (TPSA) is 22.0 Å². The Bertz CT molecular complexity index is 462. The van der Waals surface area contributed by atoms with E-state index in [2.05, 4.69) is 0 Å². The van der Waals surface area contributed by atoms with Crippen LogP contribution in [0.4, 0.5) is 0 Å². The van der Waals surface area contributed by atoms with E-state index in [0.717, 1.165) is 10.2 Å². The molecule has 2 nitrogen and oxygen atoms in total. The molecule has 0 aliphatic rings. The summed E-state index contributed by atoms with van der Waals surface area (Å²) >= 11 is 6.85. The van der Waals surface area contributed by atoms with Crippen LogP contribution in [-0.2, 0) is 6.00 Å². The molecule has 0 aliphatic heterocycles. The van der Waals surface area contributed by atoms with Crippen molar-refractivity contribution >= 4 is 45.6 Å². The maximum absolute atomic E-state index is 11.3. The number of thiazole rings is 1. The Labute approximate surface area is 90.2 Å². The number of nitrogens with zero attached hydrogens (tertiary/aromatic N) is 1. The molecular weight excluding hydrogens is 229 g/mol. The number of hydrogen-bond donors (Lipinski definition) is 0. The summed E-state index contributed by atoms with van der Waals surface area (Å²) in [6.07, 6.45) is 0. The fourth-order valence-corrected chi connectivity index (χ4v) is 2.33. The molecule has 2 aromatic rings. The van der Waals surface area contributed by atoms with Crippen molar-refractivity contribution < 1.29 is 0 Å². The Morgan fingerprint density at radius 2 is 2.08 bits per heavy atom. The van der Waals surface area contributed by atoms with Gasteiger partial charge in [0.1, 0.15) is 6.00 Å².